The molecule has 70 valence electrons. The van der Waals surface area contributed by atoms with Gasteiger partial charge in [0.1, 0.15) is 6.61 Å². The molecule has 3 aliphatic rings. The first-order valence-corrected chi connectivity index (χ1v) is 5.16. The standard InChI is InChI=1S/C11H15NO/c1-2-4-10-8(3-1)9-5-6-13-7-11(9)12-10/h2,4-6,8-12H,1,3,7H2. The third-order valence-corrected chi connectivity index (χ3v) is 3.51. The Hall–Kier alpha value is -0.760. The Morgan fingerprint density at radius 1 is 1.31 bits per heavy atom. The van der Waals surface area contributed by atoms with Gasteiger partial charge in [0.2, 0.25) is 0 Å². The SMILES string of the molecule is C1=CC2NC3COC=CC3C2CC1. The van der Waals surface area contributed by atoms with Crippen molar-refractivity contribution in [1.29, 1.82) is 0 Å². The Bertz CT molecular complexity index is 259. The molecular weight excluding hydrogens is 162 g/mol. The fourth-order valence-corrected chi connectivity index (χ4v) is 2.86. The molecule has 1 saturated heterocycles. The summed E-state index contributed by atoms with van der Waals surface area (Å²) in [6.45, 7) is 0.849. The van der Waals surface area contributed by atoms with Crippen LogP contribution in [0.15, 0.2) is 24.5 Å². The van der Waals surface area contributed by atoms with Crippen molar-refractivity contribution in [2.75, 3.05) is 6.61 Å². The minimum absolute atomic E-state index is 0.558. The van der Waals surface area contributed by atoms with E-state index in [1.807, 2.05) is 6.26 Å². The molecule has 1 fully saturated rings. The normalized spacial score (nSPS) is 46.8. The van der Waals surface area contributed by atoms with E-state index >= 15 is 0 Å². The van der Waals surface area contributed by atoms with E-state index in [2.05, 4.69) is 23.5 Å². The molecule has 2 nitrogen and oxygen atoms in total. The van der Waals surface area contributed by atoms with Crippen LogP contribution in [-0.2, 0) is 4.74 Å². The van der Waals surface area contributed by atoms with Crippen LogP contribution in [0.3, 0.4) is 0 Å². The van der Waals surface area contributed by atoms with Crippen LogP contribution in [0.5, 0.6) is 0 Å². The first kappa shape index (κ1) is 7.63. The van der Waals surface area contributed by atoms with Gasteiger partial charge in [-0.2, -0.15) is 0 Å². The minimum Gasteiger partial charge on any atom is -0.500 e. The van der Waals surface area contributed by atoms with Gasteiger partial charge in [-0.05, 0) is 24.8 Å². The number of hydrogen-bond donors (Lipinski definition) is 1. The average molecular weight is 177 g/mol. The second-order valence-corrected chi connectivity index (χ2v) is 4.21. The number of nitrogens with one attached hydrogen (secondary N) is 1. The largest absolute Gasteiger partial charge is 0.500 e. The van der Waals surface area contributed by atoms with Crippen LogP contribution in [0.4, 0.5) is 0 Å². The van der Waals surface area contributed by atoms with E-state index in [1.165, 1.54) is 12.8 Å². The quantitative estimate of drug-likeness (QED) is 0.565. The molecule has 0 aromatic heterocycles. The summed E-state index contributed by atoms with van der Waals surface area (Å²) in [5.74, 6) is 1.53. The monoisotopic (exact) mass is 177 g/mol. The maximum Gasteiger partial charge on any atom is 0.103 e. The lowest BCUT2D eigenvalue weighted by molar-refractivity contribution is 0.176. The number of allylic oxidation sites excluding steroid dienone is 1. The molecule has 1 N–H and O–H groups in total. The zero-order valence-corrected chi connectivity index (χ0v) is 7.65. The summed E-state index contributed by atoms with van der Waals surface area (Å²) in [4.78, 5) is 0. The molecule has 0 bridgehead atoms. The first-order valence-electron chi connectivity index (χ1n) is 5.16. The highest BCUT2D eigenvalue weighted by molar-refractivity contribution is 5.15. The molecule has 0 radical (unpaired) electrons. The van der Waals surface area contributed by atoms with Gasteiger partial charge in [0.15, 0.2) is 0 Å². The predicted molar refractivity (Wildman–Crippen MR) is 51.2 cm³/mol. The molecule has 2 aliphatic heterocycles. The summed E-state index contributed by atoms with van der Waals surface area (Å²) in [6, 6.07) is 1.16. The highest BCUT2D eigenvalue weighted by Crippen LogP contribution is 2.37. The molecule has 0 amide bonds. The lowest BCUT2D eigenvalue weighted by atomic mass is 9.81. The van der Waals surface area contributed by atoms with E-state index in [0.29, 0.717) is 18.0 Å². The Morgan fingerprint density at radius 2 is 2.31 bits per heavy atom. The molecule has 13 heavy (non-hydrogen) atoms. The predicted octanol–water partition coefficient (Wildman–Crippen LogP) is 1.45. The molecule has 0 aromatic rings. The second kappa shape index (κ2) is 2.88. The van der Waals surface area contributed by atoms with Crippen LogP contribution in [0.2, 0.25) is 0 Å². The van der Waals surface area contributed by atoms with Gasteiger partial charge in [-0.3, -0.25) is 0 Å². The Balaban J connectivity index is 1.88. The Kier molecular flexibility index (Phi) is 1.69. The molecule has 0 saturated carbocycles. The van der Waals surface area contributed by atoms with Crippen molar-refractivity contribution in [2.45, 2.75) is 24.9 Å². The number of hydrogen-bond acceptors (Lipinski definition) is 2. The molecule has 1 aliphatic carbocycles. The van der Waals surface area contributed by atoms with Crippen molar-refractivity contribution >= 4 is 0 Å². The number of fused-ring (bicyclic) bond motifs is 3. The summed E-state index contributed by atoms with van der Waals surface area (Å²) in [5, 5.41) is 3.63. The maximum atomic E-state index is 5.32. The van der Waals surface area contributed by atoms with Gasteiger partial charge in [0.05, 0.1) is 6.26 Å². The summed E-state index contributed by atoms with van der Waals surface area (Å²) in [5.41, 5.74) is 0. The molecule has 4 unspecified atom stereocenters. The topological polar surface area (TPSA) is 21.3 Å². The smallest absolute Gasteiger partial charge is 0.103 e. The lowest BCUT2D eigenvalue weighted by Crippen LogP contribution is -2.35. The zero-order chi connectivity index (χ0) is 8.67. The highest BCUT2D eigenvalue weighted by atomic mass is 16.5. The number of ether oxygens (including phenoxy) is 1. The maximum absolute atomic E-state index is 5.32. The molecule has 4 atom stereocenters. The zero-order valence-electron chi connectivity index (χ0n) is 7.65. The first-order chi connectivity index (χ1) is 6.45. The van der Waals surface area contributed by atoms with Gasteiger partial charge >= 0.3 is 0 Å². The van der Waals surface area contributed by atoms with E-state index < -0.39 is 0 Å². The van der Waals surface area contributed by atoms with Gasteiger partial charge in [0, 0.05) is 18.0 Å². The lowest BCUT2D eigenvalue weighted by Gasteiger charge is -2.25. The van der Waals surface area contributed by atoms with Crippen LogP contribution in [0, 0.1) is 11.8 Å². The fraction of sp³-hybridized carbons (Fsp3) is 0.636. The highest BCUT2D eigenvalue weighted by Gasteiger charge is 2.42. The van der Waals surface area contributed by atoms with Crippen molar-refractivity contribution in [3.05, 3.63) is 24.5 Å². The van der Waals surface area contributed by atoms with E-state index in [-0.39, 0.29) is 0 Å². The van der Waals surface area contributed by atoms with Crippen molar-refractivity contribution < 1.29 is 4.74 Å². The van der Waals surface area contributed by atoms with Crippen LogP contribution < -0.4 is 5.32 Å². The van der Waals surface area contributed by atoms with E-state index in [0.717, 1.165) is 12.5 Å². The molecule has 3 rings (SSSR count). The summed E-state index contributed by atoms with van der Waals surface area (Å²) < 4.78 is 5.32. The molecular formula is C11H15NO. The fourth-order valence-electron chi connectivity index (χ4n) is 2.86. The summed E-state index contributed by atoms with van der Waals surface area (Å²) >= 11 is 0. The summed E-state index contributed by atoms with van der Waals surface area (Å²) in [6.07, 6.45) is 11.3. The van der Waals surface area contributed by atoms with E-state index in [1.54, 1.807) is 0 Å². The van der Waals surface area contributed by atoms with Gasteiger partial charge in [-0.25, -0.2) is 0 Å². The van der Waals surface area contributed by atoms with E-state index in [9.17, 15) is 0 Å². The van der Waals surface area contributed by atoms with Gasteiger partial charge in [0.25, 0.3) is 0 Å². The third-order valence-electron chi connectivity index (χ3n) is 3.51. The van der Waals surface area contributed by atoms with Crippen LogP contribution in [0.25, 0.3) is 0 Å². The van der Waals surface area contributed by atoms with Gasteiger partial charge in [-0.15, -0.1) is 0 Å². The van der Waals surface area contributed by atoms with Gasteiger partial charge in [-0.1, -0.05) is 12.2 Å². The van der Waals surface area contributed by atoms with Gasteiger partial charge < -0.3 is 10.1 Å². The number of rotatable bonds is 0. The van der Waals surface area contributed by atoms with E-state index in [4.69, 9.17) is 4.74 Å². The Labute approximate surface area is 78.7 Å². The summed E-state index contributed by atoms with van der Waals surface area (Å²) in [7, 11) is 0. The Morgan fingerprint density at radius 3 is 3.31 bits per heavy atom. The van der Waals surface area contributed by atoms with Crippen molar-refractivity contribution in [2.24, 2.45) is 11.8 Å². The molecule has 0 spiro atoms. The van der Waals surface area contributed by atoms with Crippen LogP contribution >= 0.6 is 0 Å². The minimum atomic E-state index is 0.558. The molecule has 0 aromatic carbocycles. The average Bonchev–Trinajstić information content (AvgIpc) is 2.56. The van der Waals surface area contributed by atoms with Crippen molar-refractivity contribution in [1.82, 2.24) is 5.32 Å². The van der Waals surface area contributed by atoms with Crippen molar-refractivity contribution in [3.63, 3.8) is 0 Å². The van der Waals surface area contributed by atoms with Crippen LogP contribution in [0.1, 0.15) is 12.8 Å². The van der Waals surface area contributed by atoms with Crippen LogP contribution in [-0.4, -0.2) is 18.7 Å². The van der Waals surface area contributed by atoms with Crippen molar-refractivity contribution in [3.8, 4) is 0 Å². The molecule has 2 heteroatoms. The second-order valence-electron chi connectivity index (χ2n) is 4.21. The molecule has 2 heterocycles. The third kappa shape index (κ3) is 1.12.